The first-order chi connectivity index (χ1) is 9.71. The van der Waals surface area contributed by atoms with E-state index in [1.54, 1.807) is 7.11 Å². The fraction of sp³-hybridized carbons (Fsp3) is 0.562. The van der Waals surface area contributed by atoms with Crippen LogP contribution in [0.1, 0.15) is 30.9 Å². The number of methoxy groups -OCH3 is 2. The van der Waals surface area contributed by atoms with Gasteiger partial charge in [0.2, 0.25) is 0 Å². The molecule has 0 bridgehead atoms. The molecule has 112 valence electrons. The minimum absolute atomic E-state index is 0.209. The Labute approximate surface area is 121 Å². The molecule has 0 aliphatic heterocycles. The lowest BCUT2D eigenvalue weighted by atomic mass is 10.0. The zero-order chi connectivity index (χ0) is 14.8. The van der Waals surface area contributed by atoms with Crippen LogP contribution in [0.4, 0.5) is 0 Å². The molecule has 1 atom stereocenters. The van der Waals surface area contributed by atoms with Crippen molar-refractivity contribution in [1.29, 1.82) is 0 Å². The van der Waals surface area contributed by atoms with E-state index in [1.165, 1.54) is 7.11 Å². The summed E-state index contributed by atoms with van der Waals surface area (Å²) in [5.74, 6) is -0.209. The molecule has 0 spiro atoms. The predicted molar refractivity (Wildman–Crippen MR) is 79.6 cm³/mol. The molecular weight excluding hydrogens is 254 g/mol. The number of esters is 1. The van der Waals surface area contributed by atoms with E-state index in [9.17, 15) is 4.79 Å². The fourth-order valence-electron chi connectivity index (χ4n) is 2.18. The van der Waals surface area contributed by atoms with Gasteiger partial charge in [-0.1, -0.05) is 37.6 Å². The Morgan fingerprint density at radius 2 is 1.95 bits per heavy atom. The van der Waals surface area contributed by atoms with Crippen LogP contribution in [-0.4, -0.2) is 32.8 Å². The van der Waals surface area contributed by atoms with Gasteiger partial charge < -0.3 is 14.8 Å². The van der Waals surface area contributed by atoms with Crippen molar-refractivity contribution < 1.29 is 14.3 Å². The Morgan fingerprint density at radius 3 is 2.55 bits per heavy atom. The number of carbonyl (C=O) groups excluding carboxylic acids is 1. The lowest BCUT2D eigenvalue weighted by molar-refractivity contribution is -0.139. The van der Waals surface area contributed by atoms with E-state index in [0.717, 1.165) is 30.5 Å². The second kappa shape index (κ2) is 9.50. The number of carbonyl (C=O) groups is 1. The standard InChI is InChI=1S/C16H25NO3/c1-4-7-15(12-19-2)17-11-14-9-6-5-8-13(14)10-16(18)20-3/h5-6,8-9,15,17H,4,7,10-12H2,1-3H3. The molecule has 0 heterocycles. The molecule has 0 aromatic heterocycles. The van der Waals surface area contributed by atoms with Gasteiger partial charge in [-0.3, -0.25) is 4.79 Å². The van der Waals surface area contributed by atoms with Crippen LogP contribution in [0.5, 0.6) is 0 Å². The zero-order valence-corrected chi connectivity index (χ0v) is 12.6. The molecule has 0 fully saturated rings. The van der Waals surface area contributed by atoms with Gasteiger partial charge in [0.05, 0.1) is 20.1 Å². The maximum Gasteiger partial charge on any atom is 0.309 e. The van der Waals surface area contributed by atoms with Gasteiger partial charge in [-0.2, -0.15) is 0 Å². The van der Waals surface area contributed by atoms with E-state index in [-0.39, 0.29) is 5.97 Å². The summed E-state index contributed by atoms with van der Waals surface area (Å²) in [7, 11) is 3.13. The summed E-state index contributed by atoms with van der Waals surface area (Å²) in [5.41, 5.74) is 2.15. The largest absolute Gasteiger partial charge is 0.469 e. The first kappa shape index (κ1) is 16.7. The van der Waals surface area contributed by atoms with Crippen molar-refractivity contribution in [3.63, 3.8) is 0 Å². The molecule has 0 saturated carbocycles. The fourth-order valence-corrected chi connectivity index (χ4v) is 2.18. The van der Waals surface area contributed by atoms with Crippen molar-refractivity contribution >= 4 is 5.97 Å². The van der Waals surface area contributed by atoms with Gasteiger partial charge in [-0.05, 0) is 17.5 Å². The summed E-state index contributed by atoms with van der Waals surface area (Å²) in [4.78, 5) is 11.4. The highest BCUT2D eigenvalue weighted by molar-refractivity contribution is 5.72. The van der Waals surface area contributed by atoms with Crippen LogP contribution in [0.25, 0.3) is 0 Å². The Bertz CT molecular complexity index is 400. The lowest BCUT2D eigenvalue weighted by Gasteiger charge is -2.18. The highest BCUT2D eigenvalue weighted by Gasteiger charge is 2.10. The average molecular weight is 279 g/mol. The number of ether oxygens (including phenoxy) is 2. The van der Waals surface area contributed by atoms with Crippen molar-refractivity contribution in [3.8, 4) is 0 Å². The van der Waals surface area contributed by atoms with Crippen molar-refractivity contribution in [2.75, 3.05) is 20.8 Å². The van der Waals surface area contributed by atoms with Crippen molar-refractivity contribution in [3.05, 3.63) is 35.4 Å². The number of benzene rings is 1. The van der Waals surface area contributed by atoms with Gasteiger partial charge in [-0.25, -0.2) is 0 Å². The Balaban J connectivity index is 2.64. The molecule has 1 aromatic rings. The van der Waals surface area contributed by atoms with Crippen LogP contribution in [-0.2, 0) is 27.2 Å². The summed E-state index contributed by atoms with van der Waals surface area (Å²) < 4.78 is 9.95. The Hall–Kier alpha value is -1.39. The molecule has 1 rings (SSSR count). The first-order valence-electron chi connectivity index (χ1n) is 7.07. The van der Waals surface area contributed by atoms with Crippen LogP contribution in [0.15, 0.2) is 24.3 Å². The number of hydrogen-bond donors (Lipinski definition) is 1. The van der Waals surface area contributed by atoms with Gasteiger partial charge in [-0.15, -0.1) is 0 Å². The van der Waals surface area contributed by atoms with Gasteiger partial charge in [0.25, 0.3) is 0 Å². The summed E-state index contributed by atoms with van der Waals surface area (Å²) in [6.07, 6.45) is 2.51. The maximum absolute atomic E-state index is 11.4. The van der Waals surface area contributed by atoms with E-state index in [1.807, 2.05) is 24.3 Å². The van der Waals surface area contributed by atoms with Crippen LogP contribution >= 0.6 is 0 Å². The molecule has 1 unspecified atom stereocenters. The van der Waals surface area contributed by atoms with Crippen molar-refractivity contribution in [2.24, 2.45) is 0 Å². The summed E-state index contributed by atoms with van der Waals surface area (Å²) >= 11 is 0. The highest BCUT2D eigenvalue weighted by atomic mass is 16.5. The third-order valence-corrected chi connectivity index (χ3v) is 3.27. The maximum atomic E-state index is 11.4. The van der Waals surface area contributed by atoms with Crippen LogP contribution in [0.3, 0.4) is 0 Å². The highest BCUT2D eigenvalue weighted by Crippen LogP contribution is 2.11. The molecule has 1 aromatic carbocycles. The van der Waals surface area contributed by atoms with E-state index in [4.69, 9.17) is 9.47 Å². The van der Waals surface area contributed by atoms with Crippen LogP contribution < -0.4 is 5.32 Å². The molecule has 20 heavy (non-hydrogen) atoms. The van der Waals surface area contributed by atoms with Gasteiger partial charge in [0, 0.05) is 19.7 Å². The number of hydrogen-bond acceptors (Lipinski definition) is 4. The molecule has 1 N–H and O–H groups in total. The summed E-state index contributed by atoms with van der Waals surface area (Å²) in [6, 6.07) is 8.29. The normalized spacial score (nSPS) is 12.2. The summed E-state index contributed by atoms with van der Waals surface area (Å²) in [5, 5.41) is 3.49. The summed E-state index contributed by atoms with van der Waals surface area (Å²) in [6.45, 7) is 3.60. The minimum Gasteiger partial charge on any atom is -0.469 e. The van der Waals surface area contributed by atoms with Crippen LogP contribution in [0.2, 0.25) is 0 Å². The molecule has 4 heteroatoms. The number of nitrogens with one attached hydrogen (secondary N) is 1. The topological polar surface area (TPSA) is 47.6 Å². The van der Waals surface area contributed by atoms with Crippen molar-refractivity contribution in [1.82, 2.24) is 5.32 Å². The molecule has 0 aliphatic carbocycles. The molecular formula is C16H25NO3. The Morgan fingerprint density at radius 1 is 1.25 bits per heavy atom. The SMILES string of the molecule is CCCC(COC)NCc1ccccc1CC(=O)OC. The molecule has 0 aliphatic rings. The van der Waals surface area contributed by atoms with Gasteiger partial charge >= 0.3 is 5.97 Å². The van der Waals surface area contributed by atoms with Gasteiger partial charge in [0.1, 0.15) is 0 Å². The predicted octanol–water partition coefficient (Wildman–Crippen LogP) is 2.31. The quantitative estimate of drug-likeness (QED) is 0.705. The van der Waals surface area contributed by atoms with E-state index in [2.05, 4.69) is 12.2 Å². The Kier molecular flexibility index (Phi) is 7.92. The number of rotatable bonds is 9. The van der Waals surface area contributed by atoms with E-state index < -0.39 is 0 Å². The molecule has 0 amide bonds. The van der Waals surface area contributed by atoms with Crippen molar-refractivity contribution in [2.45, 2.75) is 38.8 Å². The minimum atomic E-state index is -0.209. The smallest absolute Gasteiger partial charge is 0.309 e. The first-order valence-corrected chi connectivity index (χ1v) is 7.07. The molecule has 0 radical (unpaired) electrons. The second-order valence-corrected chi connectivity index (χ2v) is 4.84. The average Bonchev–Trinajstić information content (AvgIpc) is 2.46. The molecule has 0 saturated heterocycles. The van der Waals surface area contributed by atoms with Gasteiger partial charge in [0.15, 0.2) is 0 Å². The third kappa shape index (κ3) is 5.72. The zero-order valence-electron chi connectivity index (χ0n) is 12.6. The van der Waals surface area contributed by atoms with Crippen LogP contribution in [0, 0.1) is 0 Å². The van der Waals surface area contributed by atoms with E-state index in [0.29, 0.717) is 19.1 Å². The molecule has 4 nitrogen and oxygen atoms in total. The lowest BCUT2D eigenvalue weighted by Crippen LogP contribution is -2.33. The van der Waals surface area contributed by atoms with E-state index >= 15 is 0 Å². The third-order valence-electron chi connectivity index (χ3n) is 3.27. The monoisotopic (exact) mass is 279 g/mol. The second-order valence-electron chi connectivity index (χ2n) is 4.84.